The summed E-state index contributed by atoms with van der Waals surface area (Å²) in [4.78, 5) is 30.8. The molecule has 32 heavy (non-hydrogen) atoms. The minimum absolute atomic E-state index is 0.00837. The number of urea groups is 1. The summed E-state index contributed by atoms with van der Waals surface area (Å²) < 4.78 is 19.2. The molecular weight excluding hydrogens is 429 g/mol. The summed E-state index contributed by atoms with van der Waals surface area (Å²) in [5.74, 6) is 0.114. The van der Waals surface area contributed by atoms with Crippen molar-refractivity contribution in [3.63, 3.8) is 0 Å². The van der Waals surface area contributed by atoms with Crippen molar-refractivity contribution in [3.05, 3.63) is 52.0 Å². The Bertz CT molecular complexity index is 923. The van der Waals surface area contributed by atoms with E-state index in [1.807, 2.05) is 44.0 Å². The molecule has 1 N–H and O–H groups in total. The number of hydrogen-bond acceptors (Lipinski definition) is 4. The highest BCUT2D eigenvalue weighted by Crippen LogP contribution is 2.34. The maximum absolute atomic E-state index is 13.4. The molecule has 174 valence electrons. The number of carbonyl (C=O) groups excluding carboxylic acids is 2. The number of rotatable bonds is 7. The molecule has 3 amide bonds. The van der Waals surface area contributed by atoms with Crippen molar-refractivity contribution >= 4 is 23.3 Å². The van der Waals surface area contributed by atoms with E-state index in [0.29, 0.717) is 18.8 Å². The number of amides is 3. The Hall–Kier alpha value is -2.61. The lowest BCUT2D eigenvalue weighted by atomic mass is 10.00. The van der Waals surface area contributed by atoms with Crippen molar-refractivity contribution in [1.82, 2.24) is 15.1 Å². The standard InChI is InChI=1S/C24H32FN3O3S/c1-5-12-26-23(30)28(24(2,3)4)15-22(29)27-13-10-21-19(11-14-32-21)20(27)16-31-18-8-6-17(25)7-9-18/h6-9,11,14,20H,5,10,12-13,15-16H2,1-4H3,(H,26,30). The molecule has 0 bridgehead atoms. The highest BCUT2D eigenvalue weighted by Gasteiger charge is 2.35. The number of nitrogens with zero attached hydrogens (tertiary/aromatic N) is 2. The number of ether oxygens (including phenoxy) is 1. The van der Waals surface area contributed by atoms with Crippen LogP contribution in [0.3, 0.4) is 0 Å². The smallest absolute Gasteiger partial charge is 0.318 e. The Labute approximate surface area is 193 Å². The Morgan fingerprint density at radius 3 is 2.62 bits per heavy atom. The predicted molar refractivity (Wildman–Crippen MR) is 125 cm³/mol. The number of nitrogens with one attached hydrogen (secondary N) is 1. The minimum atomic E-state index is -0.503. The van der Waals surface area contributed by atoms with Gasteiger partial charge in [-0.3, -0.25) is 4.79 Å². The first kappa shape index (κ1) is 24.0. The number of carbonyl (C=O) groups is 2. The normalized spacial score (nSPS) is 15.8. The molecule has 0 fully saturated rings. The van der Waals surface area contributed by atoms with E-state index in [-0.39, 0.29) is 36.9 Å². The molecule has 2 heterocycles. The highest BCUT2D eigenvalue weighted by molar-refractivity contribution is 7.10. The zero-order chi connectivity index (χ0) is 23.3. The Morgan fingerprint density at radius 1 is 1.25 bits per heavy atom. The molecule has 1 aromatic heterocycles. The number of hydrogen-bond donors (Lipinski definition) is 1. The van der Waals surface area contributed by atoms with Gasteiger partial charge in [0.1, 0.15) is 24.7 Å². The average Bonchev–Trinajstić information content (AvgIpc) is 3.23. The molecule has 6 nitrogen and oxygen atoms in total. The quantitative estimate of drug-likeness (QED) is 0.655. The molecule has 0 saturated heterocycles. The maximum Gasteiger partial charge on any atom is 0.318 e. The third kappa shape index (κ3) is 5.79. The van der Waals surface area contributed by atoms with Gasteiger partial charge in [0.25, 0.3) is 0 Å². The van der Waals surface area contributed by atoms with Crippen LogP contribution in [-0.2, 0) is 11.2 Å². The van der Waals surface area contributed by atoms with E-state index in [1.54, 1.807) is 28.4 Å². The SMILES string of the molecule is CCCNC(=O)N(CC(=O)N1CCc2sccc2C1COc1ccc(F)cc1)C(C)(C)C. The number of halogens is 1. The summed E-state index contributed by atoms with van der Waals surface area (Å²) in [5, 5.41) is 4.91. The molecule has 8 heteroatoms. The molecule has 1 atom stereocenters. The fourth-order valence-electron chi connectivity index (χ4n) is 3.75. The van der Waals surface area contributed by atoms with Gasteiger partial charge in [-0.05, 0) is 74.9 Å². The Kier molecular flexibility index (Phi) is 7.77. The van der Waals surface area contributed by atoms with Gasteiger partial charge in [0.2, 0.25) is 5.91 Å². The summed E-state index contributed by atoms with van der Waals surface area (Å²) in [6.07, 6.45) is 1.61. The second kappa shape index (κ2) is 10.3. The lowest BCUT2D eigenvalue weighted by molar-refractivity contribution is -0.136. The van der Waals surface area contributed by atoms with Gasteiger partial charge in [-0.25, -0.2) is 9.18 Å². The van der Waals surface area contributed by atoms with E-state index < -0.39 is 5.54 Å². The monoisotopic (exact) mass is 461 g/mol. The van der Waals surface area contributed by atoms with Gasteiger partial charge in [0, 0.05) is 23.5 Å². The first-order chi connectivity index (χ1) is 15.2. The highest BCUT2D eigenvalue weighted by atomic mass is 32.1. The number of benzene rings is 1. The van der Waals surface area contributed by atoms with Crippen molar-refractivity contribution in [2.24, 2.45) is 0 Å². The lowest BCUT2D eigenvalue weighted by Crippen LogP contribution is -2.55. The average molecular weight is 462 g/mol. The van der Waals surface area contributed by atoms with Crippen molar-refractivity contribution in [2.75, 3.05) is 26.2 Å². The minimum Gasteiger partial charge on any atom is -0.491 e. The molecular formula is C24H32FN3O3S. The van der Waals surface area contributed by atoms with Crippen LogP contribution in [0.1, 0.15) is 50.6 Å². The third-order valence-electron chi connectivity index (χ3n) is 5.51. The fourth-order valence-corrected chi connectivity index (χ4v) is 4.68. The van der Waals surface area contributed by atoms with E-state index in [0.717, 1.165) is 18.4 Å². The fraction of sp³-hybridized carbons (Fsp3) is 0.500. The van der Waals surface area contributed by atoms with E-state index in [1.165, 1.54) is 17.0 Å². The summed E-state index contributed by atoms with van der Waals surface area (Å²) in [6.45, 7) is 9.15. The molecule has 0 spiro atoms. The van der Waals surface area contributed by atoms with Crippen molar-refractivity contribution in [2.45, 2.75) is 52.1 Å². The van der Waals surface area contributed by atoms with Gasteiger partial charge in [-0.1, -0.05) is 6.92 Å². The van der Waals surface area contributed by atoms with Crippen LogP contribution in [0.15, 0.2) is 35.7 Å². The summed E-state index contributed by atoms with van der Waals surface area (Å²) in [7, 11) is 0. The number of thiophene rings is 1. The molecule has 0 saturated carbocycles. The first-order valence-electron chi connectivity index (χ1n) is 11.0. The van der Waals surface area contributed by atoms with Crippen LogP contribution in [-0.4, -0.2) is 53.5 Å². The van der Waals surface area contributed by atoms with Gasteiger partial charge in [0.15, 0.2) is 0 Å². The molecule has 1 aromatic carbocycles. The molecule has 3 rings (SSSR count). The topological polar surface area (TPSA) is 61.9 Å². The third-order valence-corrected chi connectivity index (χ3v) is 6.51. The second-order valence-corrected chi connectivity index (χ2v) is 9.91. The van der Waals surface area contributed by atoms with E-state index in [2.05, 4.69) is 5.32 Å². The van der Waals surface area contributed by atoms with Gasteiger partial charge in [0.05, 0.1) is 6.04 Å². The molecule has 1 aliphatic rings. The van der Waals surface area contributed by atoms with Crippen LogP contribution in [0.2, 0.25) is 0 Å². The van der Waals surface area contributed by atoms with Gasteiger partial charge in [-0.2, -0.15) is 0 Å². The van der Waals surface area contributed by atoms with E-state index in [9.17, 15) is 14.0 Å². The van der Waals surface area contributed by atoms with Crippen molar-refractivity contribution < 1.29 is 18.7 Å². The van der Waals surface area contributed by atoms with Crippen molar-refractivity contribution in [3.8, 4) is 5.75 Å². The van der Waals surface area contributed by atoms with Crippen LogP contribution < -0.4 is 10.1 Å². The lowest BCUT2D eigenvalue weighted by Gasteiger charge is -2.40. The summed E-state index contributed by atoms with van der Waals surface area (Å²) >= 11 is 1.68. The van der Waals surface area contributed by atoms with Crippen LogP contribution >= 0.6 is 11.3 Å². The molecule has 0 aliphatic carbocycles. The van der Waals surface area contributed by atoms with Gasteiger partial charge >= 0.3 is 6.03 Å². The van der Waals surface area contributed by atoms with E-state index >= 15 is 0 Å². The zero-order valence-electron chi connectivity index (χ0n) is 19.2. The van der Waals surface area contributed by atoms with Crippen LogP contribution in [0.5, 0.6) is 5.75 Å². The predicted octanol–water partition coefficient (Wildman–Crippen LogP) is 4.61. The van der Waals surface area contributed by atoms with Crippen LogP contribution in [0, 0.1) is 5.82 Å². The van der Waals surface area contributed by atoms with Crippen molar-refractivity contribution in [1.29, 1.82) is 0 Å². The zero-order valence-corrected chi connectivity index (χ0v) is 20.0. The maximum atomic E-state index is 13.4. The summed E-state index contributed by atoms with van der Waals surface area (Å²) in [6, 6.07) is 7.41. The van der Waals surface area contributed by atoms with Gasteiger partial charge in [-0.15, -0.1) is 11.3 Å². The summed E-state index contributed by atoms with van der Waals surface area (Å²) in [5.41, 5.74) is 0.575. The molecule has 0 radical (unpaired) electrons. The number of fused-ring (bicyclic) bond motifs is 1. The Morgan fingerprint density at radius 2 is 1.97 bits per heavy atom. The van der Waals surface area contributed by atoms with Crippen LogP contribution in [0.4, 0.5) is 9.18 Å². The molecule has 1 unspecified atom stereocenters. The molecule has 2 aromatic rings. The molecule has 1 aliphatic heterocycles. The second-order valence-electron chi connectivity index (χ2n) is 8.91. The first-order valence-corrected chi connectivity index (χ1v) is 11.9. The van der Waals surface area contributed by atoms with E-state index in [4.69, 9.17) is 4.74 Å². The van der Waals surface area contributed by atoms with Gasteiger partial charge < -0.3 is 19.9 Å². The van der Waals surface area contributed by atoms with Crippen LogP contribution in [0.25, 0.3) is 0 Å². The Balaban J connectivity index is 1.77. The largest absolute Gasteiger partial charge is 0.491 e.